The van der Waals surface area contributed by atoms with Crippen LogP contribution in [-0.2, 0) is 12.8 Å². The van der Waals surface area contributed by atoms with Crippen LogP contribution in [0.1, 0.15) is 70.5 Å². The van der Waals surface area contributed by atoms with E-state index in [9.17, 15) is 9.59 Å². The molecule has 0 saturated carbocycles. The Labute approximate surface area is 186 Å². The van der Waals surface area contributed by atoms with Crippen LogP contribution in [0.25, 0.3) is 10.1 Å². The van der Waals surface area contributed by atoms with Crippen LogP contribution < -0.4 is 5.32 Å². The number of nitrogens with one attached hydrogen (secondary N) is 1. The molecule has 2 aromatic heterocycles. The van der Waals surface area contributed by atoms with E-state index in [1.54, 1.807) is 13.1 Å². The molecule has 4 rings (SSSR count). The van der Waals surface area contributed by atoms with E-state index in [2.05, 4.69) is 29.5 Å². The standard InChI is InChI=1S/C24H29N3O3S/c1-3-9-17-15-20(26-30-17)24(29)27-13-8-4-5-10-16(27)14-19-18-11-6-7-12-21(18)31-22(19)23(28)25-2/h6-7,11-12,15-16H,3-5,8-10,13-14H2,1-2H3,(H,25,28)/t16-/m1/s1. The number of likely N-dealkylation sites (tertiary alicyclic amines) is 1. The first kappa shape index (κ1) is 21.6. The summed E-state index contributed by atoms with van der Waals surface area (Å²) >= 11 is 1.52. The summed E-state index contributed by atoms with van der Waals surface area (Å²) in [6.07, 6.45) is 6.47. The number of nitrogens with zero attached hydrogens (tertiary/aromatic N) is 2. The molecular weight excluding hydrogens is 410 g/mol. The van der Waals surface area contributed by atoms with Crippen LogP contribution in [-0.4, -0.2) is 41.5 Å². The lowest BCUT2D eigenvalue weighted by Gasteiger charge is -2.29. The number of rotatable bonds is 6. The van der Waals surface area contributed by atoms with E-state index in [0.717, 1.165) is 64.8 Å². The Bertz CT molecular complexity index is 1070. The molecule has 6 nitrogen and oxygen atoms in total. The summed E-state index contributed by atoms with van der Waals surface area (Å²) in [7, 11) is 1.66. The number of benzene rings is 1. The largest absolute Gasteiger partial charge is 0.361 e. The van der Waals surface area contributed by atoms with E-state index in [-0.39, 0.29) is 17.9 Å². The Balaban J connectivity index is 1.66. The molecule has 31 heavy (non-hydrogen) atoms. The van der Waals surface area contributed by atoms with Crippen molar-refractivity contribution in [3.05, 3.63) is 52.2 Å². The monoisotopic (exact) mass is 439 g/mol. The fraction of sp³-hybridized carbons (Fsp3) is 0.458. The number of hydrogen-bond acceptors (Lipinski definition) is 5. The molecule has 0 spiro atoms. The second-order valence-corrected chi connectivity index (χ2v) is 9.17. The summed E-state index contributed by atoms with van der Waals surface area (Å²) in [5.74, 6) is 0.616. The number of thiophene rings is 1. The van der Waals surface area contributed by atoms with Crippen LogP contribution in [0.4, 0.5) is 0 Å². The van der Waals surface area contributed by atoms with Crippen LogP contribution in [0.3, 0.4) is 0 Å². The predicted octanol–water partition coefficient (Wildman–Crippen LogP) is 4.83. The summed E-state index contributed by atoms with van der Waals surface area (Å²) in [4.78, 5) is 28.7. The molecule has 0 unspecified atom stereocenters. The summed E-state index contributed by atoms with van der Waals surface area (Å²) in [5.41, 5.74) is 1.42. The number of aryl methyl sites for hydroxylation is 1. The van der Waals surface area contributed by atoms with Crippen molar-refractivity contribution >= 4 is 33.2 Å². The highest BCUT2D eigenvalue weighted by molar-refractivity contribution is 7.21. The maximum Gasteiger partial charge on any atom is 0.276 e. The number of carbonyl (C=O) groups is 2. The van der Waals surface area contributed by atoms with Crippen LogP contribution in [0.2, 0.25) is 0 Å². The first-order chi connectivity index (χ1) is 15.1. The highest BCUT2D eigenvalue weighted by Gasteiger charge is 2.30. The zero-order valence-corrected chi connectivity index (χ0v) is 19.0. The van der Waals surface area contributed by atoms with E-state index in [1.807, 2.05) is 17.0 Å². The van der Waals surface area contributed by atoms with Gasteiger partial charge in [0.1, 0.15) is 5.76 Å². The minimum atomic E-state index is -0.0703. The number of aromatic nitrogens is 1. The van der Waals surface area contributed by atoms with Crippen LogP contribution in [0.15, 0.2) is 34.9 Å². The van der Waals surface area contributed by atoms with Gasteiger partial charge in [-0.15, -0.1) is 11.3 Å². The van der Waals surface area contributed by atoms with Crippen molar-refractivity contribution in [2.24, 2.45) is 0 Å². The minimum absolute atomic E-state index is 0.0303. The molecule has 3 heterocycles. The second kappa shape index (κ2) is 9.64. The van der Waals surface area contributed by atoms with Crippen molar-refractivity contribution in [1.82, 2.24) is 15.4 Å². The van der Waals surface area contributed by atoms with Gasteiger partial charge in [-0.25, -0.2) is 0 Å². The minimum Gasteiger partial charge on any atom is -0.361 e. The van der Waals surface area contributed by atoms with Gasteiger partial charge < -0.3 is 14.7 Å². The lowest BCUT2D eigenvalue weighted by Crippen LogP contribution is -2.41. The number of carbonyl (C=O) groups excluding carboxylic acids is 2. The van der Waals surface area contributed by atoms with Crippen molar-refractivity contribution in [2.45, 2.75) is 57.9 Å². The Morgan fingerprint density at radius 2 is 2.10 bits per heavy atom. The van der Waals surface area contributed by atoms with Crippen molar-refractivity contribution in [3.63, 3.8) is 0 Å². The Morgan fingerprint density at radius 1 is 1.26 bits per heavy atom. The molecule has 1 aliphatic heterocycles. The van der Waals surface area contributed by atoms with E-state index in [4.69, 9.17) is 4.52 Å². The van der Waals surface area contributed by atoms with Crippen molar-refractivity contribution in [2.75, 3.05) is 13.6 Å². The number of hydrogen-bond donors (Lipinski definition) is 1. The van der Waals surface area contributed by atoms with Gasteiger partial charge in [-0.05, 0) is 42.7 Å². The summed E-state index contributed by atoms with van der Waals surface area (Å²) < 4.78 is 6.46. The van der Waals surface area contributed by atoms with E-state index in [1.165, 1.54) is 11.3 Å². The maximum absolute atomic E-state index is 13.4. The van der Waals surface area contributed by atoms with Gasteiger partial charge in [0.25, 0.3) is 11.8 Å². The molecule has 0 aliphatic carbocycles. The van der Waals surface area contributed by atoms with Gasteiger partial charge in [0.05, 0.1) is 4.88 Å². The smallest absolute Gasteiger partial charge is 0.276 e. The zero-order chi connectivity index (χ0) is 21.8. The van der Waals surface area contributed by atoms with Gasteiger partial charge in [0, 0.05) is 36.8 Å². The molecule has 1 saturated heterocycles. The average Bonchev–Trinajstić information content (AvgIpc) is 3.32. The number of amides is 2. The molecule has 0 bridgehead atoms. The molecular formula is C24H29N3O3S. The molecule has 7 heteroatoms. The third-order valence-corrected chi connectivity index (χ3v) is 7.20. The molecule has 1 atom stereocenters. The first-order valence-corrected chi connectivity index (χ1v) is 11.9. The van der Waals surface area contributed by atoms with Gasteiger partial charge in [-0.2, -0.15) is 0 Å². The molecule has 2 amide bonds. The third kappa shape index (κ3) is 4.51. The van der Waals surface area contributed by atoms with Gasteiger partial charge in [0.15, 0.2) is 5.69 Å². The van der Waals surface area contributed by atoms with Crippen LogP contribution in [0.5, 0.6) is 0 Å². The molecule has 1 aliphatic rings. The zero-order valence-electron chi connectivity index (χ0n) is 18.1. The lowest BCUT2D eigenvalue weighted by molar-refractivity contribution is 0.0671. The molecule has 1 fully saturated rings. The SMILES string of the molecule is CCCc1cc(C(=O)N2CCCCC[C@@H]2Cc2c(C(=O)NC)sc3ccccc23)no1. The van der Waals surface area contributed by atoms with E-state index < -0.39 is 0 Å². The molecule has 1 N–H and O–H groups in total. The quantitative estimate of drug-likeness (QED) is 0.597. The van der Waals surface area contributed by atoms with Gasteiger partial charge >= 0.3 is 0 Å². The van der Waals surface area contributed by atoms with Crippen LogP contribution >= 0.6 is 11.3 Å². The van der Waals surface area contributed by atoms with Crippen LogP contribution in [0, 0.1) is 0 Å². The Morgan fingerprint density at radius 3 is 2.90 bits per heavy atom. The van der Waals surface area contributed by atoms with Crippen molar-refractivity contribution in [3.8, 4) is 0 Å². The second-order valence-electron chi connectivity index (χ2n) is 8.12. The predicted molar refractivity (Wildman–Crippen MR) is 123 cm³/mol. The van der Waals surface area contributed by atoms with Gasteiger partial charge in [-0.3, -0.25) is 9.59 Å². The fourth-order valence-electron chi connectivity index (χ4n) is 4.42. The molecule has 1 aromatic carbocycles. The molecule has 0 radical (unpaired) electrons. The van der Waals surface area contributed by atoms with Gasteiger partial charge in [-0.1, -0.05) is 43.1 Å². The fourth-order valence-corrected chi connectivity index (χ4v) is 5.60. The average molecular weight is 440 g/mol. The number of fused-ring (bicyclic) bond motifs is 1. The van der Waals surface area contributed by atoms with E-state index in [0.29, 0.717) is 18.7 Å². The highest BCUT2D eigenvalue weighted by Crippen LogP contribution is 2.34. The topological polar surface area (TPSA) is 75.4 Å². The summed E-state index contributed by atoms with van der Waals surface area (Å²) in [6, 6.07) is 9.94. The summed E-state index contributed by atoms with van der Waals surface area (Å²) in [6.45, 7) is 2.78. The highest BCUT2D eigenvalue weighted by atomic mass is 32.1. The normalized spacial score (nSPS) is 17.0. The first-order valence-electron chi connectivity index (χ1n) is 11.1. The lowest BCUT2D eigenvalue weighted by atomic mass is 9.97. The Hall–Kier alpha value is -2.67. The van der Waals surface area contributed by atoms with Crippen molar-refractivity contribution < 1.29 is 14.1 Å². The Kier molecular flexibility index (Phi) is 6.70. The van der Waals surface area contributed by atoms with Gasteiger partial charge in [0.2, 0.25) is 0 Å². The molecule has 164 valence electrons. The van der Waals surface area contributed by atoms with Crippen molar-refractivity contribution in [1.29, 1.82) is 0 Å². The third-order valence-electron chi connectivity index (χ3n) is 5.98. The maximum atomic E-state index is 13.4. The molecule has 3 aromatic rings. The van der Waals surface area contributed by atoms with E-state index >= 15 is 0 Å². The summed E-state index contributed by atoms with van der Waals surface area (Å²) in [5, 5.41) is 7.93.